The van der Waals surface area contributed by atoms with Crippen LogP contribution in [0, 0.1) is 0 Å². The third-order valence-corrected chi connectivity index (χ3v) is 3.21. The first kappa shape index (κ1) is 14.0. The molecule has 2 amide bonds. The minimum absolute atomic E-state index is 0.0761. The highest BCUT2D eigenvalue weighted by molar-refractivity contribution is 5.88. The van der Waals surface area contributed by atoms with E-state index < -0.39 is 5.54 Å². The van der Waals surface area contributed by atoms with Crippen molar-refractivity contribution in [2.45, 2.75) is 45.1 Å². The summed E-state index contributed by atoms with van der Waals surface area (Å²) in [6, 6.07) is 0. The third kappa shape index (κ3) is 4.00. The fourth-order valence-electron chi connectivity index (χ4n) is 1.71. The van der Waals surface area contributed by atoms with Crippen molar-refractivity contribution >= 4 is 11.8 Å². The quantitative estimate of drug-likeness (QED) is 0.627. The lowest BCUT2D eigenvalue weighted by Crippen LogP contribution is -2.43. The summed E-state index contributed by atoms with van der Waals surface area (Å²) in [5.74, 6) is 0.0749. The van der Waals surface area contributed by atoms with E-state index in [9.17, 15) is 9.59 Å². The lowest BCUT2D eigenvalue weighted by Gasteiger charge is -2.18. The summed E-state index contributed by atoms with van der Waals surface area (Å²) < 4.78 is 0. The number of rotatable bonds is 7. The summed E-state index contributed by atoms with van der Waals surface area (Å²) in [5, 5.41) is 2.78. The molecule has 5 heteroatoms. The summed E-state index contributed by atoms with van der Waals surface area (Å²) >= 11 is 0. The molecule has 1 aliphatic carbocycles. The highest BCUT2D eigenvalue weighted by atomic mass is 16.2. The highest BCUT2D eigenvalue weighted by Crippen LogP contribution is 2.31. The molecule has 0 saturated heterocycles. The van der Waals surface area contributed by atoms with Crippen molar-refractivity contribution in [1.82, 2.24) is 10.2 Å². The summed E-state index contributed by atoms with van der Waals surface area (Å²) in [4.78, 5) is 24.9. The van der Waals surface area contributed by atoms with E-state index in [1.165, 1.54) is 0 Å². The number of carbonyl (C=O) groups is 2. The summed E-state index contributed by atoms with van der Waals surface area (Å²) in [7, 11) is 0. The molecule has 98 valence electrons. The van der Waals surface area contributed by atoms with E-state index in [1.807, 2.05) is 13.8 Å². The van der Waals surface area contributed by atoms with Gasteiger partial charge in [0.2, 0.25) is 11.8 Å². The number of hydrogen-bond acceptors (Lipinski definition) is 3. The van der Waals surface area contributed by atoms with Crippen molar-refractivity contribution in [2.24, 2.45) is 5.73 Å². The maximum Gasteiger partial charge on any atom is 0.240 e. The molecule has 1 aliphatic rings. The van der Waals surface area contributed by atoms with Crippen LogP contribution in [0.3, 0.4) is 0 Å². The van der Waals surface area contributed by atoms with Crippen LogP contribution in [-0.2, 0) is 9.59 Å². The van der Waals surface area contributed by atoms with E-state index >= 15 is 0 Å². The van der Waals surface area contributed by atoms with Gasteiger partial charge in [-0.3, -0.25) is 9.59 Å². The number of carbonyl (C=O) groups excluding carboxylic acids is 2. The van der Waals surface area contributed by atoms with Crippen molar-refractivity contribution in [3.8, 4) is 0 Å². The summed E-state index contributed by atoms with van der Waals surface area (Å²) in [5.41, 5.74) is 5.13. The molecule has 0 aromatic heterocycles. The molecule has 0 atom stereocenters. The first-order valence-electron chi connectivity index (χ1n) is 6.38. The van der Waals surface area contributed by atoms with Gasteiger partial charge in [-0.05, 0) is 33.1 Å². The summed E-state index contributed by atoms with van der Waals surface area (Å²) in [6.07, 6.45) is 2.71. The molecule has 0 aromatic rings. The molecular weight excluding hydrogens is 218 g/mol. The fraction of sp³-hybridized carbons (Fsp3) is 0.833. The van der Waals surface area contributed by atoms with Crippen LogP contribution in [0.4, 0.5) is 0 Å². The predicted molar refractivity (Wildman–Crippen MR) is 66.3 cm³/mol. The van der Waals surface area contributed by atoms with Crippen LogP contribution in [0.15, 0.2) is 0 Å². The first-order valence-corrected chi connectivity index (χ1v) is 6.38. The van der Waals surface area contributed by atoms with Gasteiger partial charge in [-0.2, -0.15) is 0 Å². The monoisotopic (exact) mass is 241 g/mol. The van der Waals surface area contributed by atoms with E-state index in [4.69, 9.17) is 5.73 Å². The zero-order chi connectivity index (χ0) is 12.9. The maximum absolute atomic E-state index is 11.6. The Hall–Kier alpha value is -1.10. The second kappa shape index (κ2) is 6.00. The van der Waals surface area contributed by atoms with Crippen LogP contribution in [0.2, 0.25) is 0 Å². The topological polar surface area (TPSA) is 75.4 Å². The molecule has 1 fully saturated rings. The Balaban J connectivity index is 2.11. The molecule has 0 bridgehead atoms. The normalized spacial score (nSPS) is 16.4. The van der Waals surface area contributed by atoms with Crippen LogP contribution in [0.25, 0.3) is 0 Å². The molecule has 17 heavy (non-hydrogen) atoms. The number of nitrogens with two attached hydrogens (primary N) is 1. The summed E-state index contributed by atoms with van der Waals surface area (Å²) in [6.45, 7) is 5.95. The van der Waals surface area contributed by atoms with Gasteiger partial charge in [-0.25, -0.2) is 0 Å². The van der Waals surface area contributed by atoms with Crippen molar-refractivity contribution < 1.29 is 9.59 Å². The minimum atomic E-state index is -0.608. The van der Waals surface area contributed by atoms with Gasteiger partial charge in [0, 0.05) is 26.1 Å². The largest absolute Gasteiger partial charge is 0.354 e. The maximum atomic E-state index is 11.6. The Bertz CT molecular complexity index is 283. The average molecular weight is 241 g/mol. The van der Waals surface area contributed by atoms with E-state index in [0.717, 1.165) is 25.9 Å². The fourth-order valence-corrected chi connectivity index (χ4v) is 1.71. The van der Waals surface area contributed by atoms with Crippen molar-refractivity contribution in [3.05, 3.63) is 0 Å². The molecule has 1 saturated carbocycles. The van der Waals surface area contributed by atoms with E-state index in [-0.39, 0.29) is 11.8 Å². The van der Waals surface area contributed by atoms with E-state index in [1.54, 1.807) is 4.90 Å². The van der Waals surface area contributed by atoms with Crippen molar-refractivity contribution in [2.75, 3.05) is 19.6 Å². The number of amides is 2. The van der Waals surface area contributed by atoms with Gasteiger partial charge >= 0.3 is 0 Å². The Morgan fingerprint density at radius 2 is 1.88 bits per heavy atom. The van der Waals surface area contributed by atoms with Crippen LogP contribution in [-0.4, -0.2) is 41.9 Å². The molecule has 1 rings (SSSR count). The van der Waals surface area contributed by atoms with Crippen LogP contribution >= 0.6 is 0 Å². The Labute approximate surface area is 103 Å². The van der Waals surface area contributed by atoms with E-state index in [2.05, 4.69) is 5.32 Å². The number of nitrogens with zero attached hydrogens (tertiary/aromatic N) is 1. The molecule has 0 aromatic carbocycles. The SMILES string of the molecule is CCN(CC)C(=O)CCCNC(=O)C1(N)CC1. The Kier molecular flexibility index (Phi) is 4.93. The molecule has 5 nitrogen and oxygen atoms in total. The zero-order valence-electron chi connectivity index (χ0n) is 10.8. The Morgan fingerprint density at radius 3 is 2.35 bits per heavy atom. The minimum Gasteiger partial charge on any atom is -0.354 e. The van der Waals surface area contributed by atoms with Gasteiger partial charge in [0.1, 0.15) is 0 Å². The van der Waals surface area contributed by atoms with Gasteiger partial charge in [0.15, 0.2) is 0 Å². The molecule has 0 heterocycles. The van der Waals surface area contributed by atoms with Crippen LogP contribution < -0.4 is 11.1 Å². The van der Waals surface area contributed by atoms with Gasteiger partial charge < -0.3 is 16.0 Å². The van der Waals surface area contributed by atoms with E-state index in [0.29, 0.717) is 19.4 Å². The molecule has 0 spiro atoms. The number of nitrogens with one attached hydrogen (secondary N) is 1. The van der Waals surface area contributed by atoms with Crippen molar-refractivity contribution in [1.29, 1.82) is 0 Å². The lowest BCUT2D eigenvalue weighted by molar-refractivity contribution is -0.131. The van der Waals surface area contributed by atoms with Crippen molar-refractivity contribution in [3.63, 3.8) is 0 Å². The lowest BCUT2D eigenvalue weighted by atomic mass is 10.2. The highest BCUT2D eigenvalue weighted by Gasteiger charge is 2.45. The third-order valence-electron chi connectivity index (χ3n) is 3.21. The van der Waals surface area contributed by atoms with Gasteiger partial charge in [-0.15, -0.1) is 0 Å². The number of hydrogen-bond donors (Lipinski definition) is 2. The molecule has 3 N–H and O–H groups in total. The predicted octanol–water partition coefficient (Wildman–Crippen LogP) is 0.243. The second-order valence-electron chi connectivity index (χ2n) is 4.58. The molecule has 0 radical (unpaired) electrons. The molecule has 0 unspecified atom stereocenters. The smallest absolute Gasteiger partial charge is 0.240 e. The molecular formula is C12H23N3O2. The van der Waals surface area contributed by atoms with Gasteiger partial charge in [0.05, 0.1) is 5.54 Å². The van der Waals surface area contributed by atoms with Crippen LogP contribution in [0.5, 0.6) is 0 Å². The second-order valence-corrected chi connectivity index (χ2v) is 4.58. The Morgan fingerprint density at radius 1 is 1.29 bits per heavy atom. The molecule has 0 aliphatic heterocycles. The average Bonchev–Trinajstić information content (AvgIpc) is 3.05. The zero-order valence-corrected chi connectivity index (χ0v) is 10.8. The van der Waals surface area contributed by atoms with Gasteiger partial charge in [0.25, 0.3) is 0 Å². The van der Waals surface area contributed by atoms with Crippen LogP contribution in [0.1, 0.15) is 39.5 Å². The van der Waals surface area contributed by atoms with Gasteiger partial charge in [-0.1, -0.05) is 0 Å². The first-order chi connectivity index (χ1) is 8.03. The standard InChI is InChI=1S/C12H23N3O2/c1-3-15(4-2)10(16)6-5-9-14-11(17)12(13)7-8-12/h3-9,13H2,1-2H3,(H,14,17).